The molecule has 3 aromatic heterocycles. The topological polar surface area (TPSA) is 112 Å². The highest BCUT2D eigenvalue weighted by Crippen LogP contribution is 2.49. The lowest BCUT2D eigenvalue weighted by molar-refractivity contribution is -0.0287. The smallest absolute Gasteiger partial charge is 0.277 e. The summed E-state index contributed by atoms with van der Waals surface area (Å²) >= 11 is 0. The molecule has 11 heteroatoms. The van der Waals surface area contributed by atoms with Crippen molar-refractivity contribution >= 4 is 5.91 Å². The van der Waals surface area contributed by atoms with Crippen LogP contribution in [0.5, 0.6) is 5.88 Å². The second-order valence-electron chi connectivity index (χ2n) is 11.6. The molecule has 1 saturated carbocycles. The summed E-state index contributed by atoms with van der Waals surface area (Å²) in [6.07, 6.45) is 2.67. The fraction of sp³-hybridized carbons (Fsp3) is 0.379. The zero-order chi connectivity index (χ0) is 28.0. The highest BCUT2D eigenvalue weighted by molar-refractivity contribution is 5.93. The number of likely N-dealkylation sites (tertiary alicyclic amines) is 1. The van der Waals surface area contributed by atoms with E-state index in [0.717, 1.165) is 11.1 Å². The average Bonchev–Trinajstić information content (AvgIpc) is 3.41. The molecule has 0 unspecified atom stereocenters. The molecule has 9 nitrogen and oxygen atoms in total. The first-order chi connectivity index (χ1) is 19.0. The maximum Gasteiger partial charge on any atom is 0.277 e. The van der Waals surface area contributed by atoms with Crippen molar-refractivity contribution in [2.24, 2.45) is 24.6 Å². The maximum absolute atomic E-state index is 13.8. The number of hydrogen-bond acceptors (Lipinski definition) is 7. The first kappa shape index (κ1) is 24.9. The molecule has 1 saturated heterocycles. The fourth-order valence-electron chi connectivity index (χ4n) is 5.81. The number of aromatic nitrogens is 4. The lowest BCUT2D eigenvalue weighted by Gasteiger charge is -2.30. The van der Waals surface area contributed by atoms with E-state index >= 15 is 0 Å². The van der Waals surface area contributed by atoms with Crippen LogP contribution in [-0.4, -0.2) is 49.7 Å². The summed E-state index contributed by atoms with van der Waals surface area (Å²) in [5.41, 5.74) is 9.66. The fourth-order valence-corrected chi connectivity index (χ4v) is 5.81. The number of carbonyl (C=O) groups is 1. The Kier molecular flexibility index (Phi) is 5.25. The van der Waals surface area contributed by atoms with Crippen molar-refractivity contribution in [2.75, 3.05) is 13.1 Å². The van der Waals surface area contributed by atoms with Gasteiger partial charge in [0.25, 0.3) is 11.8 Å². The van der Waals surface area contributed by atoms with Crippen LogP contribution in [0.3, 0.4) is 0 Å². The van der Waals surface area contributed by atoms with E-state index < -0.39 is 11.5 Å². The van der Waals surface area contributed by atoms with Crippen LogP contribution in [0.1, 0.15) is 41.0 Å². The predicted octanol–water partition coefficient (Wildman–Crippen LogP) is 4.13. The Bertz CT molecular complexity index is 1630. The normalized spacial score (nSPS) is 22.4. The number of aryl methyl sites for hydroxylation is 1. The molecule has 0 radical (unpaired) electrons. The third-order valence-corrected chi connectivity index (χ3v) is 8.16. The van der Waals surface area contributed by atoms with Crippen molar-refractivity contribution in [3.8, 4) is 28.7 Å². The van der Waals surface area contributed by atoms with Crippen molar-refractivity contribution in [1.29, 1.82) is 0 Å². The number of carbonyl (C=O) groups excluding carboxylic acids is 1. The van der Waals surface area contributed by atoms with Gasteiger partial charge in [0.15, 0.2) is 0 Å². The van der Waals surface area contributed by atoms with Crippen LogP contribution in [0.15, 0.2) is 53.3 Å². The molecule has 206 valence electrons. The summed E-state index contributed by atoms with van der Waals surface area (Å²) in [4.78, 5) is 23.9. The number of pyridine rings is 1. The van der Waals surface area contributed by atoms with Crippen molar-refractivity contribution < 1.29 is 22.7 Å². The molecule has 40 heavy (non-hydrogen) atoms. The van der Waals surface area contributed by atoms with Crippen LogP contribution in [0.2, 0.25) is 0 Å². The molecule has 4 aromatic rings. The maximum atomic E-state index is 13.8. The number of hydrogen-bond donors (Lipinski definition) is 1. The Hall–Kier alpha value is -4.12. The number of amides is 1. The Balaban J connectivity index is 1.07. The molecule has 0 bridgehead atoms. The molecule has 7 rings (SSSR count). The first-order valence-corrected chi connectivity index (χ1v) is 13.2. The van der Waals surface area contributed by atoms with E-state index in [0.29, 0.717) is 47.5 Å². The summed E-state index contributed by atoms with van der Waals surface area (Å²) in [6.45, 7) is 4.94. The van der Waals surface area contributed by atoms with Gasteiger partial charge in [0, 0.05) is 67.2 Å². The quantitative estimate of drug-likeness (QED) is 0.387. The summed E-state index contributed by atoms with van der Waals surface area (Å²) in [5.74, 6) is -1.66. The Morgan fingerprint density at radius 1 is 1.15 bits per heavy atom. The van der Waals surface area contributed by atoms with Crippen LogP contribution < -0.4 is 10.5 Å². The standard InChI is InChI=1S/C29H28F2N6O3/c1-28(2,32)17-9-21(15-4-5-20-16(8-15)12-29(20,30)31)34-24(10-17)40-25-18-13-37(14-19(18)25)27(38)23-11-22(35-36(23)3)26-33-6-7-39-26/h4-11,18-19,25H,12-14,32H2,1-3H3/t18-,19+,25-. The van der Waals surface area contributed by atoms with Gasteiger partial charge >= 0.3 is 0 Å². The minimum absolute atomic E-state index is 0.0644. The van der Waals surface area contributed by atoms with E-state index in [1.807, 2.05) is 30.9 Å². The molecule has 0 spiro atoms. The number of oxazole rings is 1. The van der Waals surface area contributed by atoms with Gasteiger partial charge in [-0.1, -0.05) is 12.1 Å². The lowest BCUT2D eigenvalue weighted by Crippen LogP contribution is -2.34. The van der Waals surface area contributed by atoms with Gasteiger partial charge in [-0.15, -0.1) is 0 Å². The number of fused-ring (bicyclic) bond motifs is 2. The molecule has 1 aliphatic heterocycles. The van der Waals surface area contributed by atoms with E-state index in [2.05, 4.69) is 10.1 Å². The van der Waals surface area contributed by atoms with E-state index in [1.54, 1.807) is 29.9 Å². The minimum Gasteiger partial charge on any atom is -0.474 e. The summed E-state index contributed by atoms with van der Waals surface area (Å²) in [6, 6.07) is 10.3. The van der Waals surface area contributed by atoms with E-state index in [4.69, 9.17) is 19.9 Å². The molecule has 1 aromatic carbocycles. The largest absolute Gasteiger partial charge is 0.474 e. The van der Waals surface area contributed by atoms with Crippen molar-refractivity contribution in [3.63, 3.8) is 0 Å². The number of nitrogens with two attached hydrogens (primary N) is 1. The third-order valence-electron chi connectivity index (χ3n) is 8.16. The molecular formula is C29H28F2N6O3. The van der Waals surface area contributed by atoms with Crippen LogP contribution in [0.4, 0.5) is 8.78 Å². The highest BCUT2D eigenvalue weighted by atomic mass is 19.3. The third kappa shape index (κ3) is 4.07. The average molecular weight is 547 g/mol. The van der Waals surface area contributed by atoms with Gasteiger partial charge < -0.3 is 19.8 Å². The molecule has 4 heterocycles. The number of ether oxygens (including phenoxy) is 1. The second kappa shape index (κ2) is 8.44. The number of alkyl halides is 2. The van der Waals surface area contributed by atoms with E-state index in [9.17, 15) is 13.6 Å². The summed E-state index contributed by atoms with van der Waals surface area (Å²) in [7, 11) is 1.72. The number of piperidine rings is 1. The van der Waals surface area contributed by atoms with Crippen LogP contribution in [0.25, 0.3) is 22.8 Å². The van der Waals surface area contributed by atoms with Gasteiger partial charge in [0.05, 0.1) is 11.9 Å². The second-order valence-corrected chi connectivity index (χ2v) is 11.6. The van der Waals surface area contributed by atoms with Gasteiger partial charge in [0.1, 0.15) is 23.8 Å². The number of benzene rings is 1. The molecule has 1 amide bonds. The van der Waals surface area contributed by atoms with Gasteiger partial charge in [-0.2, -0.15) is 5.10 Å². The number of nitrogens with zero attached hydrogens (tertiary/aromatic N) is 5. The van der Waals surface area contributed by atoms with Crippen molar-refractivity contribution in [3.05, 3.63) is 71.2 Å². The van der Waals surface area contributed by atoms with E-state index in [1.165, 1.54) is 18.5 Å². The summed E-state index contributed by atoms with van der Waals surface area (Å²) in [5, 5.41) is 4.36. The zero-order valence-corrected chi connectivity index (χ0v) is 22.3. The van der Waals surface area contributed by atoms with Gasteiger partial charge in [-0.3, -0.25) is 9.48 Å². The van der Waals surface area contributed by atoms with Crippen molar-refractivity contribution in [1.82, 2.24) is 24.6 Å². The Labute approximate surface area is 229 Å². The molecule has 2 N–H and O–H groups in total. The lowest BCUT2D eigenvalue weighted by atomic mass is 9.83. The molecule has 3 aliphatic rings. The van der Waals surface area contributed by atoms with Gasteiger partial charge in [-0.05, 0) is 37.1 Å². The Morgan fingerprint density at radius 2 is 1.93 bits per heavy atom. The van der Waals surface area contributed by atoms with Crippen LogP contribution in [0, 0.1) is 11.8 Å². The first-order valence-electron chi connectivity index (χ1n) is 13.2. The number of halogens is 2. The molecule has 2 fully saturated rings. The zero-order valence-electron chi connectivity index (χ0n) is 22.3. The van der Waals surface area contributed by atoms with Gasteiger partial charge in [0.2, 0.25) is 11.8 Å². The van der Waals surface area contributed by atoms with Crippen LogP contribution >= 0.6 is 0 Å². The molecular weight excluding hydrogens is 518 g/mol. The molecule has 3 atom stereocenters. The van der Waals surface area contributed by atoms with E-state index in [-0.39, 0.29) is 35.8 Å². The minimum atomic E-state index is -2.76. The predicted molar refractivity (Wildman–Crippen MR) is 140 cm³/mol. The molecule has 2 aliphatic carbocycles. The number of rotatable bonds is 6. The highest BCUT2D eigenvalue weighted by Gasteiger charge is 2.59. The summed E-state index contributed by atoms with van der Waals surface area (Å²) < 4.78 is 40.7. The van der Waals surface area contributed by atoms with Crippen LogP contribution in [-0.2, 0) is 24.9 Å². The van der Waals surface area contributed by atoms with Crippen molar-refractivity contribution in [2.45, 2.75) is 37.8 Å². The van der Waals surface area contributed by atoms with Gasteiger partial charge in [-0.25, -0.2) is 18.7 Å². The Morgan fingerprint density at radius 3 is 2.58 bits per heavy atom. The SMILES string of the molecule is Cn1nc(-c2ncco2)cc1C(=O)N1C[C@@H]2[C@H](C1)[C@@H]2Oc1cc(C(C)(C)N)cc(-c2ccc3c(c2)CC3(F)F)n1. The monoisotopic (exact) mass is 546 g/mol.